The Balaban J connectivity index is 2.02. The molecule has 1 aromatic rings. The van der Waals surface area contributed by atoms with Gasteiger partial charge in [-0.3, -0.25) is 9.48 Å². The lowest BCUT2D eigenvalue weighted by atomic mass is 9.79. The molecule has 1 saturated heterocycles. The maximum atomic E-state index is 12.3. The van der Waals surface area contributed by atoms with Crippen molar-refractivity contribution in [1.82, 2.24) is 20.4 Å². The van der Waals surface area contributed by atoms with Crippen molar-refractivity contribution in [1.29, 1.82) is 0 Å². The van der Waals surface area contributed by atoms with Crippen LogP contribution in [-0.4, -0.2) is 32.8 Å². The third kappa shape index (κ3) is 4.04. The standard InChI is InChI=1S/C15H27N5O/c1-14(2)6-11(7-15(3,4)19-14)18-13(21)12(16)10-8-17-20(5)9-10/h8-9,11-12,19H,6-7,16H2,1-5H3,(H,18,21). The van der Waals surface area contributed by atoms with Crippen molar-refractivity contribution < 1.29 is 4.79 Å². The van der Waals surface area contributed by atoms with Crippen molar-refractivity contribution in [3.05, 3.63) is 18.0 Å². The van der Waals surface area contributed by atoms with Gasteiger partial charge in [0.15, 0.2) is 0 Å². The van der Waals surface area contributed by atoms with Crippen LogP contribution in [0, 0.1) is 0 Å². The molecule has 0 bridgehead atoms. The highest BCUT2D eigenvalue weighted by molar-refractivity contribution is 5.83. The molecule has 21 heavy (non-hydrogen) atoms. The third-order valence-corrected chi connectivity index (χ3v) is 3.90. The number of hydrogen-bond donors (Lipinski definition) is 3. The lowest BCUT2D eigenvalue weighted by molar-refractivity contribution is -0.123. The fraction of sp³-hybridized carbons (Fsp3) is 0.733. The van der Waals surface area contributed by atoms with Crippen LogP contribution in [-0.2, 0) is 11.8 Å². The van der Waals surface area contributed by atoms with Gasteiger partial charge < -0.3 is 16.4 Å². The number of nitrogens with one attached hydrogen (secondary N) is 2. The third-order valence-electron chi connectivity index (χ3n) is 3.90. The van der Waals surface area contributed by atoms with Gasteiger partial charge >= 0.3 is 0 Å². The number of hydrogen-bond acceptors (Lipinski definition) is 4. The molecule has 2 heterocycles. The van der Waals surface area contributed by atoms with Crippen molar-refractivity contribution in [3.63, 3.8) is 0 Å². The van der Waals surface area contributed by atoms with Crippen LogP contribution in [0.3, 0.4) is 0 Å². The maximum absolute atomic E-state index is 12.3. The summed E-state index contributed by atoms with van der Waals surface area (Å²) < 4.78 is 1.65. The van der Waals surface area contributed by atoms with E-state index in [4.69, 9.17) is 5.73 Å². The lowest BCUT2D eigenvalue weighted by Crippen LogP contribution is -2.62. The van der Waals surface area contributed by atoms with Crippen molar-refractivity contribution in [2.75, 3.05) is 0 Å². The Morgan fingerprint density at radius 2 is 2.00 bits per heavy atom. The minimum atomic E-state index is -0.667. The molecule has 118 valence electrons. The highest BCUT2D eigenvalue weighted by Gasteiger charge is 2.38. The zero-order chi connectivity index (χ0) is 15.8. The smallest absolute Gasteiger partial charge is 0.241 e. The minimum Gasteiger partial charge on any atom is -0.352 e. The fourth-order valence-corrected chi connectivity index (χ4v) is 3.47. The zero-order valence-electron chi connectivity index (χ0n) is 13.6. The van der Waals surface area contributed by atoms with E-state index in [-0.39, 0.29) is 23.0 Å². The maximum Gasteiger partial charge on any atom is 0.241 e. The molecule has 2 rings (SSSR count). The molecule has 0 radical (unpaired) electrons. The summed E-state index contributed by atoms with van der Waals surface area (Å²) in [6, 6.07) is -0.536. The van der Waals surface area contributed by atoms with Crippen LogP contribution in [0.2, 0.25) is 0 Å². The number of nitrogens with two attached hydrogens (primary N) is 1. The first-order chi connectivity index (χ1) is 9.58. The van der Waals surface area contributed by atoms with Gasteiger partial charge in [-0.05, 0) is 40.5 Å². The molecule has 1 fully saturated rings. The van der Waals surface area contributed by atoms with E-state index in [0.717, 1.165) is 18.4 Å². The summed E-state index contributed by atoms with van der Waals surface area (Å²) in [6.45, 7) is 8.64. The van der Waals surface area contributed by atoms with Crippen molar-refractivity contribution in [2.24, 2.45) is 12.8 Å². The Kier molecular flexibility index (Phi) is 4.13. The highest BCUT2D eigenvalue weighted by Crippen LogP contribution is 2.28. The van der Waals surface area contributed by atoms with Gasteiger partial charge in [0.2, 0.25) is 5.91 Å². The van der Waals surface area contributed by atoms with E-state index in [0.29, 0.717) is 0 Å². The first-order valence-corrected chi connectivity index (χ1v) is 7.42. The molecule has 1 atom stereocenters. The van der Waals surface area contributed by atoms with E-state index in [1.54, 1.807) is 17.1 Å². The van der Waals surface area contributed by atoms with Crippen LogP contribution in [0.25, 0.3) is 0 Å². The Morgan fingerprint density at radius 1 is 1.43 bits per heavy atom. The van der Waals surface area contributed by atoms with Crippen LogP contribution in [0.15, 0.2) is 12.4 Å². The molecule has 6 heteroatoms. The lowest BCUT2D eigenvalue weighted by Gasteiger charge is -2.46. The number of piperidine rings is 1. The van der Waals surface area contributed by atoms with Crippen LogP contribution >= 0.6 is 0 Å². The van der Waals surface area contributed by atoms with Crippen LogP contribution in [0.4, 0.5) is 0 Å². The summed E-state index contributed by atoms with van der Waals surface area (Å²) in [4.78, 5) is 12.3. The van der Waals surface area contributed by atoms with E-state index in [9.17, 15) is 4.79 Å². The molecule has 1 aliphatic rings. The number of carbonyl (C=O) groups excluding carboxylic acids is 1. The second-order valence-electron chi connectivity index (χ2n) is 7.43. The van der Waals surface area contributed by atoms with Gasteiger partial charge in [0, 0.05) is 35.9 Å². The van der Waals surface area contributed by atoms with Crippen molar-refractivity contribution >= 4 is 5.91 Å². The molecular formula is C15H27N5O. The first-order valence-electron chi connectivity index (χ1n) is 7.42. The second kappa shape index (κ2) is 5.42. The summed E-state index contributed by atoms with van der Waals surface area (Å²) in [7, 11) is 1.81. The van der Waals surface area contributed by atoms with E-state index in [1.807, 2.05) is 7.05 Å². The van der Waals surface area contributed by atoms with Gasteiger partial charge in [-0.15, -0.1) is 0 Å². The normalized spacial score (nSPS) is 22.8. The fourth-order valence-electron chi connectivity index (χ4n) is 3.47. The van der Waals surface area contributed by atoms with Crippen molar-refractivity contribution in [3.8, 4) is 0 Å². The summed E-state index contributed by atoms with van der Waals surface area (Å²) in [5.41, 5.74) is 6.76. The average Bonchev–Trinajstić information content (AvgIpc) is 2.70. The van der Waals surface area contributed by atoms with E-state index in [2.05, 4.69) is 43.4 Å². The molecule has 1 unspecified atom stereocenters. The van der Waals surface area contributed by atoms with Gasteiger partial charge in [-0.1, -0.05) is 0 Å². The van der Waals surface area contributed by atoms with Gasteiger partial charge in [-0.2, -0.15) is 5.10 Å². The molecule has 6 nitrogen and oxygen atoms in total. The number of aryl methyl sites for hydroxylation is 1. The summed E-state index contributed by atoms with van der Waals surface area (Å²) in [5.74, 6) is -0.137. The number of aromatic nitrogens is 2. The molecule has 1 aliphatic heterocycles. The molecule has 1 aromatic heterocycles. The molecule has 0 spiro atoms. The van der Waals surface area contributed by atoms with Gasteiger partial charge in [0.05, 0.1) is 6.20 Å². The summed E-state index contributed by atoms with van der Waals surface area (Å²) in [6.07, 6.45) is 5.20. The Hall–Kier alpha value is -1.40. The van der Waals surface area contributed by atoms with E-state index in [1.165, 1.54) is 0 Å². The van der Waals surface area contributed by atoms with Crippen LogP contribution < -0.4 is 16.4 Å². The number of nitrogens with zero attached hydrogens (tertiary/aromatic N) is 2. The monoisotopic (exact) mass is 293 g/mol. The van der Waals surface area contributed by atoms with Crippen molar-refractivity contribution in [2.45, 2.75) is 63.7 Å². The Morgan fingerprint density at radius 3 is 2.48 bits per heavy atom. The quantitative estimate of drug-likeness (QED) is 0.771. The topological polar surface area (TPSA) is 85.0 Å². The Labute approximate surface area is 126 Å². The summed E-state index contributed by atoms with van der Waals surface area (Å²) >= 11 is 0. The van der Waals surface area contributed by atoms with Gasteiger partial charge in [0.25, 0.3) is 0 Å². The minimum absolute atomic E-state index is 0.00189. The predicted molar refractivity (Wildman–Crippen MR) is 82.6 cm³/mol. The van der Waals surface area contributed by atoms with E-state index < -0.39 is 6.04 Å². The zero-order valence-corrected chi connectivity index (χ0v) is 13.6. The molecule has 0 aliphatic carbocycles. The second-order valence-corrected chi connectivity index (χ2v) is 7.43. The molecule has 1 amide bonds. The number of carbonyl (C=O) groups is 1. The predicted octanol–water partition coefficient (Wildman–Crippen LogP) is 0.845. The molecule has 0 saturated carbocycles. The highest BCUT2D eigenvalue weighted by atomic mass is 16.2. The van der Waals surface area contributed by atoms with Gasteiger partial charge in [0.1, 0.15) is 6.04 Å². The SMILES string of the molecule is Cn1cc(C(N)C(=O)NC2CC(C)(C)NC(C)(C)C2)cn1. The van der Waals surface area contributed by atoms with Crippen LogP contribution in [0.5, 0.6) is 0 Å². The molecule has 0 aromatic carbocycles. The largest absolute Gasteiger partial charge is 0.352 e. The first kappa shape index (κ1) is 16.0. The molecular weight excluding hydrogens is 266 g/mol. The number of rotatable bonds is 3. The van der Waals surface area contributed by atoms with E-state index >= 15 is 0 Å². The van der Waals surface area contributed by atoms with Gasteiger partial charge in [-0.25, -0.2) is 0 Å². The van der Waals surface area contributed by atoms with Crippen LogP contribution in [0.1, 0.15) is 52.1 Å². The molecule has 4 N–H and O–H groups in total. The average molecular weight is 293 g/mol. The Bertz CT molecular complexity index is 504. The number of amides is 1. The summed E-state index contributed by atoms with van der Waals surface area (Å²) in [5, 5.41) is 10.8.